The first-order valence-corrected chi connectivity index (χ1v) is 11.9. The molecule has 0 saturated carbocycles. The molecule has 0 radical (unpaired) electrons. The summed E-state index contributed by atoms with van der Waals surface area (Å²) in [6, 6.07) is 18.8. The number of hydrogen-bond acceptors (Lipinski definition) is 4. The standard InChI is InChI=1S/C24H23ClN2O3S/c1-24(23(28)18-6-3-2-4-7-18)16-19(20-8-5-14-26-17-20)13-15-27(24)31(29,30)22-11-9-21(25)10-12-22/h2-12,14,17,19H,13,15-16H2,1H3. The van der Waals surface area contributed by atoms with Gasteiger partial charge in [0.25, 0.3) is 0 Å². The highest BCUT2D eigenvalue weighted by Crippen LogP contribution is 2.42. The van der Waals surface area contributed by atoms with Gasteiger partial charge in [-0.3, -0.25) is 9.78 Å². The monoisotopic (exact) mass is 454 g/mol. The predicted molar refractivity (Wildman–Crippen MR) is 121 cm³/mol. The Morgan fingerprint density at radius 3 is 2.42 bits per heavy atom. The fourth-order valence-electron chi connectivity index (χ4n) is 4.33. The van der Waals surface area contributed by atoms with E-state index in [9.17, 15) is 13.2 Å². The molecule has 2 aromatic carbocycles. The van der Waals surface area contributed by atoms with Crippen LogP contribution in [0.1, 0.15) is 41.6 Å². The molecule has 0 aliphatic carbocycles. The van der Waals surface area contributed by atoms with Crippen LogP contribution in [0.3, 0.4) is 0 Å². The van der Waals surface area contributed by atoms with Crippen molar-refractivity contribution in [1.82, 2.24) is 9.29 Å². The molecule has 160 valence electrons. The number of hydrogen-bond donors (Lipinski definition) is 0. The first-order chi connectivity index (χ1) is 14.8. The van der Waals surface area contributed by atoms with Gasteiger partial charge in [0.2, 0.25) is 10.0 Å². The van der Waals surface area contributed by atoms with Crippen molar-refractivity contribution in [2.45, 2.75) is 36.1 Å². The predicted octanol–water partition coefficient (Wildman–Crippen LogP) is 4.94. The molecule has 0 spiro atoms. The lowest BCUT2D eigenvalue weighted by molar-refractivity contribution is 0.0663. The molecule has 1 fully saturated rings. The first-order valence-electron chi connectivity index (χ1n) is 10.1. The zero-order valence-corrected chi connectivity index (χ0v) is 18.7. The van der Waals surface area contributed by atoms with Crippen molar-refractivity contribution < 1.29 is 13.2 Å². The largest absolute Gasteiger partial charge is 0.292 e. The van der Waals surface area contributed by atoms with Crippen LogP contribution in [0.4, 0.5) is 0 Å². The number of aromatic nitrogens is 1. The van der Waals surface area contributed by atoms with Crippen LogP contribution in [-0.2, 0) is 10.0 Å². The molecule has 1 aliphatic rings. The summed E-state index contributed by atoms with van der Waals surface area (Å²) in [4.78, 5) is 18.0. The van der Waals surface area contributed by atoms with Gasteiger partial charge in [-0.2, -0.15) is 4.31 Å². The van der Waals surface area contributed by atoms with E-state index in [2.05, 4.69) is 4.98 Å². The van der Waals surface area contributed by atoms with Crippen LogP contribution in [-0.4, -0.2) is 35.6 Å². The zero-order chi connectivity index (χ0) is 22.1. The van der Waals surface area contributed by atoms with Crippen molar-refractivity contribution in [3.63, 3.8) is 0 Å². The fraction of sp³-hybridized carbons (Fsp3) is 0.250. The van der Waals surface area contributed by atoms with Gasteiger partial charge in [-0.25, -0.2) is 8.42 Å². The molecule has 1 aliphatic heterocycles. The van der Waals surface area contributed by atoms with Crippen molar-refractivity contribution in [2.75, 3.05) is 6.54 Å². The number of carbonyl (C=O) groups is 1. The third-order valence-electron chi connectivity index (χ3n) is 5.96. The number of piperidine rings is 1. The number of halogens is 1. The lowest BCUT2D eigenvalue weighted by Gasteiger charge is -2.45. The minimum Gasteiger partial charge on any atom is -0.292 e. The molecule has 1 aromatic heterocycles. The second kappa shape index (κ2) is 8.54. The molecule has 0 N–H and O–H groups in total. The van der Waals surface area contributed by atoms with Crippen molar-refractivity contribution in [2.24, 2.45) is 0 Å². The van der Waals surface area contributed by atoms with Gasteiger partial charge in [-0.05, 0) is 61.6 Å². The Bertz CT molecular complexity index is 1170. The number of carbonyl (C=O) groups excluding carboxylic acids is 1. The van der Waals surface area contributed by atoms with Gasteiger partial charge < -0.3 is 0 Å². The maximum Gasteiger partial charge on any atom is 0.243 e. The number of ketones is 1. The van der Waals surface area contributed by atoms with Gasteiger partial charge in [-0.15, -0.1) is 0 Å². The van der Waals surface area contributed by atoms with E-state index in [1.54, 1.807) is 55.7 Å². The Hall–Kier alpha value is -2.54. The van der Waals surface area contributed by atoms with Gasteiger partial charge in [0.1, 0.15) is 0 Å². The molecule has 2 heterocycles. The maximum atomic E-state index is 13.7. The second-order valence-electron chi connectivity index (χ2n) is 7.98. The van der Waals surface area contributed by atoms with Crippen LogP contribution in [0, 0.1) is 0 Å². The smallest absolute Gasteiger partial charge is 0.243 e. The zero-order valence-electron chi connectivity index (χ0n) is 17.1. The minimum absolute atomic E-state index is 0.0306. The van der Waals surface area contributed by atoms with Crippen LogP contribution in [0.5, 0.6) is 0 Å². The summed E-state index contributed by atoms with van der Waals surface area (Å²) in [6.07, 6.45) is 4.48. The van der Waals surface area contributed by atoms with Gasteiger partial charge in [0.05, 0.1) is 10.4 Å². The number of benzene rings is 2. The highest BCUT2D eigenvalue weighted by atomic mass is 35.5. The molecule has 0 amide bonds. The van der Waals surface area contributed by atoms with Crippen LogP contribution in [0.25, 0.3) is 0 Å². The summed E-state index contributed by atoms with van der Waals surface area (Å²) in [5.41, 5.74) is 0.268. The number of sulfonamides is 1. The summed E-state index contributed by atoms with van der Waals surface area (Å²) in [7, 11) is -3.91. The summed E-state index contributed by atoms with van der Waals surface area (Å²) in [5, 5.41) is 0.456. The normalized spacial score (nSPS) is 22.2. The van der Waals surface area contributed by atoms with Crippen LogP contribution in [0.15, 0.2) is 84.0 Å². The SMILES string of the molecule is CC1(C(=O)c2ccccc2)CC(c2cccnc2)CCN1S(=O)(=O)c1ccc(Cl)cc1. The summed E-state index contributed by atoms with van der Waals surface area (Å²) >= 11 is 5.95. The third kappa shape index (κ3) is 4.15. The molecular weight excluding hydrogens is 432 g/mol. The Morgan fingerprint density at radius 2 is 1.77 bits per heavy atom. The number of pyridine rings is 1. The van der Waals surface area contributed by atoms with E-state index >= 15 is 0 Å². The van der Waals surface area contributed by atoms with E-state index in [1.807, 2.05) is 18.2 Å². The number of rotatable bonds is 5. The maximum absolute atomic E-state index is 13.7. The van der Waals surface area contributed by atoms with E-state index in [0.29, 0.717) is 23.4 Å². The molecule has 0 bridgehead atoms. The Morgan fingerprint density at radius 1 is 1.06 bits per heavy atom. The van der Waals surface area contributed by atoms with Gasteiger partial charge in [0.15, 0.2) is 5.78 Å². The summed E-state index contributed by atoms with van der Waals surface area (Å²) in [6.45, 7) is 1.97. The van der Waals surface area contributed by atoms with E-state index in [0.717, 1.165) is 5.56 Å². The van der Waals surface area contributed by atoms with Crippen LogP contribution in [0.2, 0.25) is 5.02 Å². The van der Waals surface area contributed by atoms with Gasteiger partial charge in [0, 0.05) is 29.5 Å². The summed E-state index contributed by atoms with van der Waals surface area (Å²) in [5.74, 6) is -0.178. The molecule has 5 nitrogen and oxygen atoms in total. The molecular formula is C24H23ClN2O3S. The lowest BCUT2D eigenvalue weighted by atomic mass is 9.76. The van der Waals surface area contributed by atoms with E-state index in [4.69, 9.17) is 11.6 Å². The fourth-order valence-corrected chi connectivity index (χ4v) is 6.23. The number of nitrogens with zero attached hydrogens (tertiary/aromatic N) is 2. The van der Waals surface area contributed by atoms with E-state index < -0.39 is 15.6 Å². The molecule has 3 aromatic rings. The third-order valence-corrected chi connectivity index (χ3v) is 8.24. The highest BCUT2D eigenvalue weighted by Gasteiger charge is 2.50. The molecule has 7 heteroatoms. The summed E-state index contributed by atoms with van der Waals surface area (Å²) < 4.78 is 28.6. The minimum atomic E-state index is -3.91. The molecule has 4 rings (SSSR count). The van der Waals surface area contributed by atoms with Crippen molar-refractivity contribution in [3.8, 4) is 0 Å². The average Bonchev–Trinajstić information content (AvgIpc) is 2.80. The molecule has 2 unspecified atom stereocenters. The average molecular weight is 455 g/mol. The van der Waals surface area contributed by atoms with E-state index in [1.165, 1.54) is 16.4 Å². The second-order valence-corrected chi connectivity index (χ2v) is 10.3. The van der Waals surface area contributed by atoms with Gasteiger partial charge in [-0.1, -0.05) is 48.0 Å². The molecule has 31 heavy (non-hydrogen) atoms. The van der Waals surface area contributed by atoms with Crippen molar-refractivity contribution in [1.29, 1.82) is 0 Å². The Kier molecular flexibility index (Phi) is 5.97. The van der Waals surface area contributed by atoms with E-state index in [-0.39, 0.29) is 23.1 Å². The molecule has 1 saturated heterocycles. The topological polar surface area (TPSA) is 67.3 Å². The Balaban J connectivity index is 1.78. The molecule has 2 atom stereocenters. The Labute approximate surface area is 187 Å². The van der Waals surface area contributed by atoms with Crippen molar-refractivity contribution >= 4 is 27.4 Å². The number of Topliss-reactive ketones (excluding diaryl/α,β-unsaturated/α-hetero) is 1. The lowest BCUT2D eigenvalue weighted by Crippen LogP contribution is -2.58. The van der Waals surface area contributed by atoms with Crippen molar-refractivity contribution in [3.05, 3.63) is 95.3 Å². The highest BCUT2D eigenvalue weighted by molar-refractivity contribution is 7.89. The van der Waals surface area contributed by atoms with Crippen LogP contribution >= 0.6 is 11.6 Å². The quantitative estimate of drug-likeness (QED) is 0.512. The van der Waals surface area contributed by atoms with Crippen LogP contribution < -0.4 is 0 Å². The van der Waals surface area contributed by atoms with Gasteiger partial charge >= 0.3 is 0 Å². The first kappa shape index (κ1) is 21.7.